The second-order valence-electron chi connectivity index (χ2n) is 4.66. The van der Waals surface area contributed by atoms with Crippen molar-refractivity contribution in [3.05, 3.63) is 0 Å². The summed E-state index contributed by atoms with van der Waals surface area (Å²) in [5.41, 5.74) is 15.8. The molecular weight excluding hydrogens is 262 g/mol. The summed E-state index contributed by atoms with van der Waals surface area (Å²) >= 11 is 0. The number of carbonyl (C=O) groups excluding carboxylic acids is 2. The van der Waals surface area contributed by atoms with Crippen LogP contribution in [0.25, 0.3) is 0 Å². The smallest absolute Gasteiger partial charge is 0.332 e. The Labute approximate surface area is 117 Å². The molecule has 0 aromatic carbocycles. The summed E-state index contributed by atoms with van der Waals surface area (Å²) in [4.78, 5) is 21.2. The van der Waals surface area contributed by atoms with E-state index in [0.29, 0.717) is 0 Å². The number of hydrazone groups is 2. The van der Waals surface area contributed by atoms with Crippen LogP contribution in [0.3, 0.4) is 0 Å². The number of nitrogens with two attached hydrogens (primary N) is 2. The van der Waals surface area contributed by atoms with Gasteiger partial charge in [-0.1, -0.05) is 0 Å². The van der Waals surface area contributed by atoms with Gasteiger partial charge in [0.1, 0.15) is 0 Å². The minimum atomic E-state index is -0.694. The van der Waals surface area contributed by atoms with Crippen molar-refractivity contribution < 1.29 is 9.59 Å². The van der Waals surface area contributed by atoms with Gasteiger partial charge in [0.25, 0.3) is 0 Å². The molecule has 9 nitrogen and oxygen atoms in total. The van der Waals surface area contributed by atoms with Gasteiger partial charge >= 0.3 is 12.1 Å². The van der Waals surface area contributed by atoms with E-state index in [-0.39, 0.29) is 12.1 Å². The summed E-state index contributed by atoms with van der Waals surface area (Å²) in [5.74, 6) is 0. The first-order valence-corrected chi connectivity index (χ1v) is 6.35. The molecule has 9 heteroatoms. The van der Waals surface area contributed by atoms with E-state index in [1.54, 1.807) is 0 Å². The van der Waals surface area contributed by atoms with Crippen LogP contribution < -0.4 is 27.6 Å². The Balaban J connectivity index is 2.62. The molecule has 0 spiro atoms. The molecule has 2 atom stereocenters. The van der Waals surface area contributed by atoms with Gasteiger partial charge in [-0.3, -0.25) is 0 Å². The Morgan fingerprint density at radius 3 is 1.75 bits per heavy atom. The number of rotatable bonds is 4. The number of hydrogen-bond acceptors (Lipinski definition) is 5. The van der Waals surface area contributed by atoms with E-state index in [9.17, 15) is 9.59 Å². The van der Waals surface area contributed by atoms with Crippen molar-refractivity contribution in [3.8, 4) is 0 Å². The number of primary amides is 2. The second-order valence-corrected chi connectivity index (χ2v) is 4.66. The fourth-order valence-electron chi connectivity index (χ4n) is 2.04. The highest BCUT2D eigenvalue weighted by atomic mass is 16.2. The zero-order chi connectivity index (χ0) is 15.1. The van der Waals surface area contributed by atoms with E-state index >= 15 is 0 Å². The Bertz CT molecular complexity index is 394. The number of piperidine rings is 1. The summed E-state index contributed by atoms with van der Waals surface area (Å²) in [6.45, 7) is 3.62. The lowest BCUT2D eigenvalue weighted by atomic mass is 9.94. The predicted octanol–water partition coefficient (Wildman–Crippen LogP) is -0.414. The van der Waals surface area contributed by atoms with Crippen molar-refractivity contribution >= 4 is 23.5 Å². The molecule has 1 aliphatic rings. The van der Waals surface area contributed by atoms with E-state index < -0.39 is 12.1 Å². The molecule has 112 valence electrons. The summed E-state index contributed by atoms with van der Waals surface area (Å²) in [5, 5.41) is 11.2. The van der Waals surface area contributed by atoms with E-state index in [1.807, 2.05) is 13.8 Å². The third-order valence-corrected chi connectivity index (χ3v) is 3.08. The normalized spacial score (nSPS) is 24.1. The van der Waals surface area contributed by atoms with Gasteiger partial charge in [0, 0.05) is 12.1 Å². The summed E-state index contributed by atoms with van der Waals surface area (Å²) in [6, 6.07) is -1.33. The first-order valence-electron chi connectivity index (χ1n) is 6.35. The van der Waals surface area contributed by atoms with E-state index in [0.717, 1.165) is 30.7 Å². The van der Waals surface area contributed by atoms with E-state index in [2.05, 4.69) is 26.4 Å². The highest BCUT2D eigenvalue weighted by Gasteiger charge is 2.24. The molecule has 20 heavy (non-hydrogen) atoms. The minimum Gasteiger partial charge on any atom is -0.350 e. The molecule has 0 aliphatic carbocycles. The van der Waals surface area contributed by atoms with Crippen LogP contribution in [0.4, 0.5) is 9.59 Å². The molecule has 1 heterocycles. The van der Waals surface area contributed by atoms with Crippen LogP contribution >= 0.6 is 0 Å². The molecule has 0 radical (unpaired) electrons. The molecule has 0 bridgehead atoms. The zero-order valence-electron chi connectivity index (χ0n) is 11.6. The monoisotopic (exact) mass is 283 g/mol. The number of nitrogens with one attached hydrogen (secondary N) is 3. The molecule has 0 aromatic rings. The second kappa shape index (κ2) is 7.43. The Morgan fingerprint density at radius 1 is 1.00 bits per heavy atom. The lowest BCUT2D eigenvalue weighted by molar-refractivity contribution is 0.248. The van der Waals surface area contributed by atoms with Crippen molar-refractivity contribution in [2.45, 2.75) is 45.2 Å². The van der Waals surface area contributed by atoms with Crippen molar-refractivity contribution in [1.82, 2.24) is 16.2 Å². The van der Waals surface area contributed by atoms with Crippen molar-refractivity contribution in [2.24, 2.45) is 21.7 Å². The van der Waals surface area contributed by atoms with E-state index in [1.165, 1.54) is 0 Å². The lowest BCUT2D eigenvalue weighted by Crippen LogP contribution is -2.50. The van der Waals surface area contributed by atoms with Gasteiger partial charge in [-0.15, -0.1) is 0 Å². The predicted molar refractivity (Wildman–Crippen MR) is 76.2 cm³/mol. The van der Waals surface area contributed by atoms with Crippen LogP contribution in [0.2, 0.25) is 0 Å². The molecule has 1 rings (SSSR count). The SMILES string of the molecule is CC(=NNC(N)=O)C1CCCC(C(C)=NNC(N)=O)N1. The summed E-state index contributed by atoms with van der Waals surface area (Å²) < 4.78 is 0. The van der Waals surface area contributed by atoms with Crippen LogP contribution in [-0.4, -0.2) is 35.6 Å². The molecule has 7 N–H and O–H groups in total. The highest BCUT2D eigenvalue weighted by Crippen LogP contribution is 2.15. The molecule has 2 unspecified atom stereocenters. The number of nitrogens with zero attached hydrogens (tertiary/aromatic N) is 2. The average molecular weight is 283 g/mol. The first-order chi connectivity index (χ1) is 9.40. The van der Waals surface area contributed by atoms with Crippen LogP contribution in [-0.2, 0) is 0 Å². The third kappa shape index (κ3) is 5.22. The van der Waals surface area contributed by atoms with Gasteiger partial charge in [0.2, 0.25) is 0 Å². The Kier molecular flexibility index (Phi) is 5.91. The Morgan fingerprint density at radius 2 is 1.40 bits per heavy atom. The van der Waals surface area contributed by atoms with Gasteiger partial charge in [-0.2, -0.15) is 10.2 Å². The van der Waals surface area contributed by atoms with Gasteiger partial charge in [0.05, 0.1) is 11.4 Å². The molecule has 0 saturated carbocycles. The Hall–Kier alpha value is -2.16. The fourth-order valence-corrected chi connectivity index (χ4v) is 2.04. The quantitative estimate of drug-likeness (QED) is 0.352. The maximum Gasteiger partial charge on any atom is 0.332 e. The largest absolute Gasteiger partial charge is 0.350 e. The maximum atomic E-state index is 10.6. The van der Waals surface area contributed by atoms with Crippen molar-refractivity contribution in [1.29, 1.82) is 0 Å². The molecule has 4 amide bonds. The first kappa shape index (κ1) is 15.9. The lowest BCUT2D eigenvalue weighted by Gasteiger charge is -2.30. The molecule has 1 fully saturated rings. The van der Waals surface area contributed by atoms with E-state index in [4.69, 9.17) is 11.5 Å². The molecule has 1 aliphatic heterocycles. The third-order valence-electron chi connectivity index (χ3n) is 3.08. The highest BCUT2D eigenvalue weighted by molar-refractivity contribution is 5.92. The number of urea groups is 2. The van der Waals surface area contributed by atoms with Crippen LogP contribution in [0.5, 0.6) is 0 Å². The topological polar surface area (TPSA) is 147 Å². The summed E-state index contributed by atoms with van der Waals surface area (Å²) in [6.07, 6.45) is 2.79. The molecule has 0 aromatic heterocycles. The van der Waals surface area contributed by atoms with Crippen LogP contribution in [0, 0.1) is 0 Å². The standard InChI is InChI=1S/C11H21N7O2/c1-6(15-17-10(12)19)8-4-3-5-9(14-8)7(2)16-18-11(13)20/h8-9,14H,3-5H2,1-2H3,(H3,12,17,19)(H3,13,18,20). The van der Waals surface area contributed by atoms with Crippen LogP contribution in [0.1, 0.15) is 33.1 Å². The average Bonchev–Trinajstić information content (AvgIpc) is 2.42. The van der Waals surface area contributed by atoms with Gasteiger partial charge in [-0.25, -0.2) is 20.4 Å². The van der Waals surface area contributed by atoms with Gasteiger partial charge < -0.3 is 16.8 Å². The number of hydrogen-bond donors (Lipinski definition) is 5. The van der Waals surface area contributed by atoms with Gasteiger partial charge in [0.15, 0.2) is 0 Å². The van der Waals surface area contributed by atoms with Crippen LogP contribution in [0.15, 0.2) is 10.2 Å². The number of carbonyl (C=O) groups is 2. The summed E-state index contributed by atoms with van der Waals surface area (Å²) in [7, 11) is 0. The zero-order valence-corrected chi connectivity index (χ0v) is 11.6. The van der Waals surface area contributed by atoms with Crippen molar-refractivity contribution in [2.75, 3.05) is 0 Å². The van der Waals surface area contributed by atoms with Gasteiger partial charge in [-0.05, 0) is 33.1 Å². The molecular formula is C11H21N7O2. The molecule has 1 saturated heterocycles. The fraction of sp³-hybridized carbons (Fsp3) is 0.636. The number of amides is 4. The minimum absolute atomic E-state index is 0.0272. The van der Waals surface area contributed by atoms with Crippen molar-refractivity contribution in [3.63, 3.8) is 0 Å². The maximum absolute atomic E-state index is 10.6.